The quantitative estimate of drug-likeness (QED) is 0.551. The van der Waals surface area contributed by atoms with Crippen LogP contribution < -0.4 is 4.74 Å². The van der Waals surface area contributed by atoms with Crippen molar-refractivity contribution < 1.29 is 20.0 Å². The molecule has 1 aromatic rings. The zero-order valence-electron chi connectivity index (χ0n) is 8.01. The van der Waals surface area contributed by atoms with Crippen LogP contribution in [0.3, 0.4) is 0 Å². The Hall–Kier alpha value is -1.10. The van der Waals surface area contributed by atoms with E-state index in [1.807, 2.05) is 31.2 Å². The van der Waals surface area contributed by atoms with Crippen LogP contribution in [0.1, 0.15) is 5.56 Å². The van der Waals surface area contributed by atoms with Gasteiger partial charge in [-0.2, -0.15) is 0 Å². The lowest BCUT2D eigenvalue weighted by Crippen LogP contribution is -2.22. The first kappa shape index (κ1) is 11.0. The van der Waals surface area contributed by atoms with E-state index in [1.54, 1.807) is 0 Å². The lowest BCUT2D eigenvalue weighted by atomic mass is 10.2. The van der Waals surface area contributed by atoms with Gasteiger partial charge in [0.25, 0.3) is 0 Å². The summed E-state index contributed by atoms with van der Waals surface area (Å²) in [5.74, 6) is 0.726. The molecule has 0 bridgehead atoms. The smallest absolute Gasteiger partial charge is 0.122 e. The molecule has 14 heavy (non-hydrogen) atoms. The Bertz CT molecular complexity index is 275. The van der Waals surface area contributed by atoms with Crippen molar-refractivity contribution in [2.45, 2.75) is 13.0 Å². The predicted molar refractivity (Wildman–Crippen MR) is 51.3 cm³/mol. The first-order valence-corrected chi connectivity index (χ1v) is 4.37. The summed E-state index contributed by atoms with van der Waals surface area (Å²) in [5, 5.41) is 17.3. The third-order valence-corrected chi connectivity index (χ3v) is 1.79. The molecule has 0 aliphatic carbocycles. The fourth-order valence-corrected chi connectivity index (χ4v) is 1.04. The van der Waals surface area contributed by atoms with Crippen LogP contribution in [0.5, 0.6) is 5.75 Å². The minimum Gasteiger partial charge on any atom is -0.491 e. The molecule has 0 spiro atoms. The van der Waals surface area contributed by atoms with Crippen LogP contribution in [0.2, 0.25) is 0 Å². The van der Waals surface area contributed by atoms with Gasteiger partial charge in [-0.3, -0.25) is 5.26 Å². The predicted octanol–water partition coefficient (Wildman–Crippen LogP) is 1.22. The fourth-order valence-electron chi connectivity index (χ4n) is 1.04. The molecule has 2 N–H and O–H groups in total. The molecule has 78 valence electrons. The highest BCUT2D eigenvalue weighted by Gasteiger charge is 2.05. The van der Waals surface area contributed by atoms with Crippen molar-refractivity contribution in [3.05, 3.63) is 29.8 Å². The summed E-state index contributed by atoms with van der Waals surface area (Å²) < 4.78 is 5.31. The molecule has 1 unspecified atom stereocenters. The molecule has 1 aromatic carbocycles. The Morgan fingerprint density at radius 3 is 2.64 bits per heavy atom. The van der Waals surface area contributed by atoms with E-state index in [9.17, 15) is 5.11 Å². The maximum absolute atomic E-state index is 9.19. The van der Waals surface area contributed by atoms with E-state index < -0.39 is 6.10 Å². The van der Waals surface area contributed by atoms with Crippen molar-refractivity contribution in [2.75, 3.05) is 13.2 Å². The maximum Gasteiger partial charge on any atom is 0.122 e. The molecule has 4 nitrogen and oxygen atoms in total. The van der Waals surface area contributed by atoms with Crippen molar-refractivity contribution in [2.24, 2.45) is 0 Å². The number of aliphatic hydroxyl groups excluding tert-OH is 1. The highest BCUT2D eigenvalue weighted by Crippen LogP contribution is 2.16. The topological polar surface area (TPSA) is 58.9 Å². The van der Waals surface area contributed by atoms with Crippen molar-refractivity contribution >= 4 is 0 Å². The third-order valence-electron chi connectivity index (χ3n) is 1.79. The first-order chi connectivity index (χ1) is 6.74. The highest BCUT2D eigenvalue weighted by atomic mass is 17.1. The SMILES string of the molecule is Cc1ccccc1OCC(O)COO. The van der Waals surface area contributed by atoms with Crippen LogP contribution in [0, 0.1) is 6.92 Å². The van der Waals surface area contributed by atoms with Crippen LogP contribution in [-0.4, -0.2) is 29.7 Å². The second-order valence-electron chi connectivity index (χ2n) is 3.03. The van der Waals surface area contributed by atoms with E-state index in [2.05, 4.69) is 4.89 Å². The minimum atomic E-state index is -0.820. The normalized spacial score (nSPS) is 12.5. The number of hydrogen-bond acceptors (Lipinski definition) is 4. The van der Waals surface area contributed by atoms with Gasteiger partial charge < -0.3 is 9.84 Å². The molecule has 0 amide bonds. The Kier molecular flexibility index (Phi) is 4.39. The number of aliphatic hydroxyl groups is 1. The molecule has 1 rings (SSSR count). The van der Waals surface area contributed by atoms with Crippen molar-refractivity contribution in [1.29, 1.82) is 0 Å². The van der Waals surface area contributed by atoms with E-state index in [0.29, 0.717) is 0 Å². The minimum absolute atomic E-state index is 0.103. The van der Waals surface area contributed by atoms with Gasteiger partial charge in [0.15, 0.2) is 0 Å². The fraction of sp³-hybridized carbons (Fsp3) is 0.400. The first-order valence-electron chi connectivity index (χ1n) is 4.37. The average Bonchev–Trinajstić information content (AvgIpc) is 2.17. The summed E-state index contributed by atoms with van der Waals surface area (Å²) in [7, 11) is 0. The lowest BCUT2D eigenvalue weighted by Gasteiger charge is -2.11. The number of para-hydroxylation sites is 1. The molecule has 0 saturated carbocycles. The van der Waals surface area contributed by atoms with Crippen LogP contribution in [-0.2, 0) is 4.89 Å². The van der Waals surface area contributed by atoms with Gasteiger partial charge >= 0.3 is 0 Å². The second kappa shape index (κ2) is 5.59. The molecule has 0 aliphatic heterocycles. The van der Waals surface area contributed by atoms with Crippen molar-refractivity contribution in [3.8, 4) is 5.75 Å². The monoisotopic (exact) mass is 198 g/mol. The number of benzene rings is 1. The van der Waals surface area contributed by atoms with Crippen molar-refractivity contribution in [1.82, 2.24) is 0 Å². The highest BCUT2D eigenvalue weighted by molar-refractivity contribution is 5.31. The summed E-state index contributed by atoms with van der Waals surface area (Å²) >= 11 is 0. The van der Waals surface area contributed by atoms with Gasteiger partial charge in [0.05, 0.1) is 0 Å². The zero-order valence-corrected chi connectivity index (χ0v) is 8.01. The summed E-state index contributed by atoms with van der Waals surface area (Å²) in [6.07, 6.45) is -0.820. The van der Waals surface area contributed by atoms with Crippen LogP contribution in [0.25, 0.3) is 0 Å². The van der Waals surface area contributed by atoms with Crippen LogP contribution in [0.4, 0.5) is 0 Å². The molecular weight excluding hydrogens is 184 g/mol. The van der Waals surface area contributed by atoms with Gasteiger partial charge in [0, 0.05) is 0 Å². The molecule has 1 atom stereocenters. The standard InChI is InChI=1S/C10H14O4/c1-8-4-2-3-5-10(8)13-6-9(11)7-14-12/h2-5,9,11-12H,6-7H2,1H3. The largest absolute Gasteiger partial charge is 0.491 e. The number of ether oxygens (including phenoxy) is 1. The molecule has 0 saturated heterocycles. The van der Waals surface area contributed by atoms with Gasteiger partial charge in [0.2, 0.25) is 0 Å². The van der Waals surface area contributed by atoms with Gasteiger partial charge in [-0.25, -0.2) is 4.89 Å². The zero-order chi connectivity index (χ0) is 10.4. The number of aryl methyl sites for hydroxylation is 1. The summed E-state index contributed by atoms with van der Waals surface area (Å²) in [4.78, 5) is 3.79. The Balaban J connectivity index is 2.41. The molecule has 0 radical (unpaired) electrons. The van der Waals surface area contributed by atoms with Crippen molar-refractivity contribution in [3.63, 3.8) is 0 Å². The van der Waals surface area contributed by atoms with Crippen LogP contribution >= 0.6 is 0 Å². The Morgan fingerprint density at radius 2 is 2.00 bits per heavy atom. The average molecular weight is 198 g/mol. The van der Waals surface area contributed by atoms with E-state index in [0.717, 1.165) is 11.3 Å². The molecule has 0 aliphatic rings. The molecule has 0 heterocycles. The van der Waals surface area contributed by atoms with E-state index >= 15 is 0 Å². The van der Waals surface area contributed by atoms with E-state index in [4.69, 9.17) is 9.99 Å². The summed E-state index contributed by atoms with van der Waals surface area (Å²) in [5.41, 5.74) is 1.00. The number of rotatable bonds is 5. The molecule has 4 heteroatoms. The molecular formula is C10H14O4. The van der Waals surface area contributed by atoms with Gasteiger partial charge in [-0.15, -0.1) is 0 Å². The lowest BCUT2D eigenvalue weighted by molar-refractivity contribution is -0.258. The van der Waals surface area contributed by atoms with Gasteiger partial charge in [-0.05, 0) is 18.6 Å². The van der Waals surface area contributed by atoms with Crippen LogP contribution in [0.15, 0.2) is 24.3 Å². The summed E-state index contributed by atoms with van der Waals surface area (Å²) in [6.45, 7) is 1.88. The van der Waals surface area contributed by atoms with Gasteiger partial charge in [-0.1, -0.05) is 18.2 Å². The second-order valence-corrected chi connectivity index (χ2v) is 3.03. The van der Waals surface area contributed by atoms with Gasteiger partial charge in [0.1, 0.15) is 25.1 Å². The van der Waals surface area contributed by atoms with E-state index in [-0.39, 0.29) is 13.2 Å². The molecule has 0 fully saturated rings. The Morgan fingerprint density at radius 1 is 1.29 bits per heavy atom. The summed E-state index contributed by atoms with van der Waals surface area (Å²) in [6, 6.07) is 7.51. The number of hydrogen-bond donors (Lipinski definition) is 2. The Labute approximate surface area is 82.6 Å². The maximum atomic E-state index is 9.19. The third kappa shape index (κ3) is 3.33. The van der Waals surface area contributed by atoms with E-state index in [1.165, 1.54) is 0 Å². The molecule has 0 aromatic heterocycles.